The van der Waals surface area contributed by atoms with Gasteiger partial charge in [-0.15, -0.1) is 0 Å². The Morgan fingerprint density at radius 3 is 1.67 bits per heavy atom. The van der Waals surface area contributed by atoms with E-state index in [1.165, 1.54) is 70.6 Å². The van der Waals surface area contributed by atoms with Gasteiger partial charge in [-0.1, -0.05) is 134 Å². The minimum Gasteiger partial charge on any atom is -0.477 e. The molecule has 8 heteroatoms. The molecule has 0 rings (SSSR count). The lowest BCUT2D eigenvalue weighted by Gasteiger charge is -2.31. The van der Waals surface area contributed by atoms with Gasteiger partial charge in [0.05, 0.1) is 34.4 Å². The summed E-state index contributed by atoms with van der Waals surface area (Å²) >= 11 is 0. The third-order valence-corrected chi connectivity index (χ3v) is 8.55. The van der Waals surface area contributed by atoms with Crippen molar-refractivity contribution in [3.63, 3.8) is 0 Å². The third-order valence-electron chi connectivity index (χ3n) is 8.55. The monoisotopic (exact) mass is 693 g/mol. The van der Waals surface area contributed by atoms with E-state index >= 15 is 0 Å². The van der Waals surface area contributed by atoms with Gasteiger partial charge in [-0.05, 0) is 38.5 Å². The number of quaternary nitrogens is 1. The fourth-order valence-corrected chi connectivity index (χ4v) is 5.53. The van der Waals surface area contributed by atoms with Crippen LogP contribution in [0.15, 0.2) is 36.5 Å². The number of aliphatic carboxylic acids is 1. The minimum absolute atomic E-state index is 0.0474. The Kier molecular flexibility index (Phi) is 31.1. The van der Waals surface area contributed by atoms with E-state index in [9.17, 15) is 19.5 Å². The predicted molar refractivity (Wildman–Crippen MR) is 201 cm³/mol. The van der Waals surface area contributed by atoms with Crippen LogP contribution in [0, 0.1) is 0 Å². The molecule has 2 atom stereocenters. The predicted octanol–water partition coefficient (Wildman–Crippen LogP) is 9.91. The van der Waals surface area contributed by atoms with Crippen molar-refractivity contribution in [2.24, 2.45) is 0 Å². The van der Waals surface area contributed by atoms with Gasteiger partial charge in [-0.2, -0.15) is 0 Å². The first-order chi connectivity index (χ1) is 23.6. The number of hydrogen-bond donors (Lipinski definition) is 1. The summed E-state index contributed by atoms with van der Waals surface area (Å²) in [4.78, 5) is 36.7. The van der Waals surface area contributed by atoms with E-state index in [2.05, 4.69) is 50.3 Å². The number of hydrogen-bond acceptors (Lipinski definition) is 6. The molecule has 0 aliphatic rings. The molecule has 0 radical (unpaired) electrons. The fourth-order valence-electron chi connectivity index (χ4n) is 5.53. The van der Waals surface area contributed by atoms with Crippen LogP contribution >= 0.6 is 0 Å². The summed E-state index contributed by atoms with van der Waals surface area (Å²) in [5, 5.41) is 9.58. The van der Waals surface area contributed by atoms with Crippen LogP contribution in [0.1, 0.15) is 155 Å². The lowest BCUT2D eigenvalue weighted by Crippen LogP contribution is -2.50. The number of carbonyl (C=O) groups excluding carboxylic acids is 2. The number of carbonyl (C=O) groups is 3. The smallest absolute Gasteiger partial charge is 0.362 e. The Bertz CT molecular complexity index is 906. The summed E-state index contributed by atoms with van der Waals surface area (Å²) in [7, 11) is 5.50. The molecule has 284 valence electrons. The zero-order chi connectivity index (χ0) is 36.4. The van der Waals surface area contributed by atoms with Crippen molar-refractivity contribution in [1.29, 1.82) is 0 Å². The second-order valence-corrected chi connectivity index (χ2v) is 14.2. The summed E-state index contributed by atoms with van der Waals surface area (Å²) in [6.45, 7) is 4.55. The molecule has 2 unspecified atom stereocenters. The first-order valence-corrected chi connectivity index (χ1v) is 19.5. The number of likely N-dealkylation sites (N-methyl/N-ethyl adjacent to an activating group) is 1. The van der Waals surface area contributed by atoms with E-state index in [-0.39, 0.29) is 42.7 Å². The summed E-state index contributed by atoms with van der Waals surface area (Å²) < 4.78 is 17.1. The number of carboxylic acids is 1. The number of ether oxygens (including phenoxy) is 3. The van der Waals surface area contributed by atoms with Gasteiger partial charge in [0, 0.05) is 19.3 Å². The molecule has 0 aromatic heterocycles. The van der Waals surface area contributed by atoms with E-state index in [1.54, 1.807) is 0 Å². The molecule has 0 heterocycles. The Morgan fingerprint density at radius 1 is 0.633 bits per heavy atom. The Hall–Kier alpha value is -2.45. The quantitative estimate of drug-likeness (QED) is 0.0310. The first-order valence-electron chi connectivity index (χ1n) is 19.5. The largest absolute Gasteiger partial charge is 0.477 e. The molecule has 0 aliphatic carbocycles. The average molecular weight is 693 g/mol. The average Bonchev–Trinajstić information content (AvgIpc) is 3.05. The van der Waals surface area contributed by atoms with Crippen LogP contribution in [0.5, 0.6) is 0 Å². The molecule has 0 aromatic carbocycles. The van der Waals surface area contributed by atoms with Gasteiger partial charge >= 0.3 is 17.9 Å². The zero-order valence-electron chi connectivity index (χ0n) is 32.1. The molecule has 0 saturated carbocycles. The maximum atomic E-state index is 12.6. The molecule has 0 spiro atoms. The van der Waals surface area contributed by atoms with Gasteiger partial charge in [-0.25, -0.2) is 4.79 Å². The summed E-state index contributed by atoms with van der Waals surface area (Å²) in [6, 6.07) is -0.618. The number of nitrogens with zero attached hydrogens (tertiary/aromatic N) is 1. The third kappa shape index (κ3) is 31.3. The summed E-state index contributed by atoms with van der Waals surface area (Å²) in [6.07, 6.45) is 34.8. The zero-order valence-corrected chi connectivity index (χ0v) is 32.1. The lowest BCUT2D eigenvalue weighted by atomic mass is 10.0. The Balaban J connectivity index is 4.46. The molecule has 0 aliphatic heterocycles. The highest BCUT2D eigenvalue weighted by Gasteiger charge is 2.31. The van der Waals surface area contributed by atoms with Crippen molar-refractivity contribution in [3.8, 4) is 0 Å². The van der Waals surface area contributed by atoms with Crippen LogP contribution in [0.4, 0.5) is 0 Å². The van der Waals surface area contributed by atoms with E-state index < -0.39 is 18.1 Å². The van der Waals surface area contributed by atoms with Crippen LogP contribution in [0.3, 0.4) is 0 Å². The second kappa shape index (κ2) is 32.7. The molecular formula is C41H74NO7+. The molecule has 0 fully saturated rings. The van der Waals surface area contributed by atoms with Crippen molar-refractivity contribution in [2.45, 2.75) is 167 Å². The van der Waals surface area contributed by atoms with Gasteiger partial charge in [0.2, 0.25) is 0 Å². The van der Waals surface area contributed by atoms with Crippen molar-refractivity contribution in [2.75, 3.05) is 41.0 Å². The highest BCUT2D eigenvalue weighted by atomic mass is 16.6. The maximum Gasteiger partial charge on any atom is 0.362 e. The van der Waals surface area contributed by atoms with Crippen molar-refractivity contribution in [1.82, 2.24) is 0 Å². The molecule has 49 heavy (non-hydrogen) atoms. The molecule has 1 N–H and O–H groups in total. The van der Waals surface area contributed by atoms with Crippen molar-refractivity contribution in [3.05, 3.63) is 36.5 Å². The van der Waals surface area contributed by atoms with Crippen LogP contribution < -0.4 is 0 Å². The van der Waals surface area contributed by atoms with E-state index in [0.29, 0.717) is 19.3 Å². The van der Waals surface area contributed by atoms with Crippen LogP contribution in [-0.2, 0) is 28.6 Å². The van der Waals surface area contributed by atoms with Crippen LogP contribution in [-0.4, -0.2) is 80.6 Å². The normalized spacial score (nSPS) is 13.4. The lowest BCUT2D eigenvalue weighted by molar-refractivity contribution is -0.887. The van der Waals surface area contributed by atoms with E-state index in [4.69, 9.17) is 14.2 Å². The SMILES string of the molecule is CC/C=C/C/C=C/C/C=C/CCCC(=O)OCC(COCCC(C(=O)O)[N+](C)(C)C)OC(=O)CCCCCCCCCCCCCCCC. The topological polar surface area (TPSA) is 99.1 Å². The first kappa shape index (κ1) is 46.5. The Labute approximate surface area is 300 Å². The van der Waals surface area contributed by atoms with Crippen molar-refractivity contribution >= 4 is 17.9 Å². The van der Waals surface area contributed by atoms with Crippen molar-refractivity contribution < 1.29 is 38.2 Å². The highest BCUT2D eigenvalue weighted by molar-refractivity contribution is 5.72. The van der Waals surface area contributed by atoms with Gasteiger partial charge in [-0.3, -0.25) is 9.59 Å². The molecule has 0 amide bonds. The van der Waals surface area contributed by atoms with Gasteiger partial charge in [0.1, 0.15) is 6.61 Å². The number of esters is 2. The molecule has 0 bridgehead atoms. The molecule has 8 nitrogen and oxygen atoms in total. The van der Waals surface area contributed by atoms with Gasteiger partial charge in [0.25, 0.3) is 0 Å². The van der Waals surface area contributed by atoms with Gasteiger partial charge < -0.3 is 23.8 Å². The number of unbranched alkanes of at least 4 members (excludes halogenated alkanes) is 14. The number of carboxylic acid groups (broad SMARTS) is 1. The summed E-state index contributed by atoms with van der Waals surface area (Å²) in [5.74, 6) is -1.54. The molecule has 0 saturated heterocycles. The Morgan fingerprint density at radius 2 is 1.14 bits per heavy atom. The molecule has 0 aromatic rings. The number of allylic oxidation sites excluding steroid dienone is 6. The minimum atomic E-state index is -0.882. The summed E-state index contributed by atoms with van der Waals surface area (Å²) in [5.41, 5.74) is 0. The second-order valence-electron chi connectivity index (χ2n) is 14.2. The maximum absolute atomic E-state index is 12.6. The van der Waals surface area contributed by atoms with Crippen LogP contribution in [0.25, 0.3) is 0 Å². The fraction of sp³-hybridized carbons (Fsp3) is 0.780. The number of rotatable bonds is 34. The standard InChI is InChI=1S/C41H73NO7/c1-6-8-10-12-14-16-18-19-20-22-24-26-28-30-32-40(44)49-37(35-47-34-33-38(41(45)46)42(3,4)5)36-48-39(43)31-29-27-25-23-21-17-15-13-11-9-7-2/h9,11,15,17,23,25,37-38H,6-8,10,12-14,16,18-22,24,26-36H2,1-5H3/p+1/b11-9+,17-15+,25-23+. The van der Waals surface area contributed by atoms with E-state index in [0.717, 1.165) is 44.9 Å². The van der Waals surface area contributed by atoms with Gasteiger partial charge in [0.15, 0.2) is 12.1 Å². The van der Waals surface area contributed by atoms with Crippen LogP contribution in [0.2, 0.25) is 0 Å². The highest BCUT2D eigenvalue weighted by Crippen LogP contribution is 2.14. The van der Waals surface area contributed by atoms with E-state index in [1.807, 2.05) is 21.1 Å². The molecular weight excluding hydrogens is 618 g/mol.